The van der Waals surface area contributed by atoms with Crippen molar-refractivity contribution in [3.05, 3.63) is 0 Å². The molecule has 0 bridgehead atoms. The molecule has 2 heterocycles. The van der Waals surface area contributed by atoms with Gasteiger partial charge in [-0.2, -0.15) is 5.10 Å². The number of fused-ring (bicyclic) bond motifs is 1. The molecule has 0 spiro atoms. The topological polar surface area (TPSA) is 33.6 Å². The highest BCUT2D eigenvalue weighted by Crippen LogP contribution is 2.21. The molecule has 2 atom stereocenters. The van der Waals surface area contributed by atoms with Crippen LogP contribution < -0.4 is 5.43 Å². The minimum absolute atomic E-state index is 0.576. The molecule has 3 heteroatoms. The smallest absolute Gasteiger partial charge is 0.0518 e. The molecule has 0 aromatic rings. The first-order valence-corrected chi connectivity index (χ1v) is 4.22. The zero-order valence-electron chi connectivity index (χ0n) is 6.84. The fraction of sp³-hybridized carbons (Fsp3) is 0.875. The first-order chi connectivity index (χ1) is 5.36. The molecular formula is C8H14N2O. The van der Waals surface area contributed by atoms with Gasteiger partial charge in [0.1, 0.15) is 0 Å². The standard InChI is InChI=1S/C8H14N2O/c1-6-4-7-5-11-3-2-8(7)10-9-6/h7-8,10H,2-5H2,1H3. The molecule has 0 aromatic carbocycles. The number of rotatable bonds is 0. The molecule has 0 saturated carbocycles. The molecule has 1 N–H and O–H groups in total. The maximum atomic E-state index is 5.39. The monoisotopic (exact) mass is 154 g/mol. The largest absolute Gasteiger partial charge is 0.381 e. The van der Waals surface area contributed by atoms with Crippen LogP contribution in [-0.4, -0.2) is 25.0 Å². The number of nitrogens with one attached hydrogen (secondary N) is 1. The molecule has 11 heavy (non-hydrogen) atoms. The summed E-state index contributed by atoms with van der Waals surface area (Å²) < 4.78 is 5.39. The van der Waals surface area contributed by atoms with Gasteiger partial charge in [-0.1, -0.05) is 0 Å². The van der Waals surface area contributed by atoms with Crippen molar-refractivity contribution < 1.29 is 4.74 Å². The van der Waals surface area contributed by atoms with Gasteiger partial charge in [-0.3, -0.25) is 0 Å². The molecule has 2 aliphatic rings. The van der Waals surface area contributed by atoms with Crippen LogP contribution in [0.15, 0.2) is 5.10 Å². The predicted molar refractivity (Wildman–Crippen MR) is 43.6 cm³/mol. The van der Waals surface area contributed by atoms with Crippen molar-refractivity contribution in [1.82, 2.24) is 5.43 Å². The van der Waals surface area contributed by atoms with E-state index in [0.717, 1.165) is 26.1 Å². The van der Waals surface area contributed by atoms with Gasteiger partial charge in [0.05, 0.1) is 12.6 Å². The van der Waals surface area contributed by atoms with Crippen molar-refractivity contribution in [2.45, 2.75) is 25.8 Å². The van der Waals surface area contributed by atoms with Crippen LogP contribution in [0.2, 0.25) is 0 Å². The molecule has 0 aliphatic carbocycles. The summed E-state index contributed by atoms with van der Waals surface area (Å²) in [7, 11) is 0. The van der Waals surface area contributed by atoms with Gasteiger partial charge in [0.25, 0.3) is 0 Å². The van der Waals surface area contributed by atoms with E-state index in [-0.39, 0.29) is 0 Å². The first-order valence-electron chi connectivity index (χ1n) is 4.22. The van der Waals surface area contributed by atoms with E-state index >= 15 is 0 Å². The van der Waals surface area contributed by atoms with Crippen molar-refractivity contribution in [3.63, 3.8) is 0 Å². The van der Waals surface area contributed by atoms with E-state index in [1.54, 1.807) is 0 Å². The van der Waals surface area contributed by atoms with Gasteiger partial charge in [0, 0.05) is 18.2 Å². The third-order valence-corrected chi connectivity index (χ3v) is 2.45. The van der Waals surface area contributed by atoms with Crippen LogP contribution in [0.3, 0.4) is 0 Å². The van der Waals surface area contributed by atoms with Crippen molar-refractivity contribution in [2.24, 2.45) is 11.0 Å². The fourth-order valence-corrected chi connectivity index (χ4v) is 1.79. The minimum Gasteiger partial charge on any atom is -0.381 e. The van der Waals surface area contributed by atoms with E-state index < -0.39 is 0 Å². The molecule has 62 valence electrons. The second-order valence-corrected chi connectivity index (χ2v) is 3.41. The van der Waals surface area contributed by atoms with Crippen LogP contribution in [0, 0.1) is 5.92 Å². The third kappa shape index (κ3) is 1.38. The lowest BCUT2D eigenvalue weighted by molar-refractivity contribution is 0.0318. The minimum atomic E-state index is 0.576. The van der Waals surface area contributed by atoms with Crippen LogP contribution in [-0.2, 0) is 4.74 Å². The second-order valence-electron chi connectivity index (χ2n) is 3.41. The van der Waals surface area contributed by atoms with Crippen molar-refractivity contribution in [3.8, 4) is 0 Å². The molecule has 0 amide bonds. The highest BCUT2D eigenvalue weighted by atomic mass is 16.5. The van der Waals surface area contributed by atoms with E-state index in [1.165, 1.54) is 5.71 Å². The van der Waals surface area contributed by atoms with Crippen LogP contribution in [0.1, 0.15) is 19.8 Å². The number of nitrogens with zero attached hydrogens (tertiary/aromatic N) is 1. The lowest BCUT2D eigenvalue weighted by Gasteiger charge is -2.34. The van der Waals surface area contributed by atoms with E-state index in [4.69, 9.17) is 4.74 Å². The van der Waals surface area contributed by atoms with Gasteiger partial charge >= 0.3 is 0 Å². The molecule has 0 aromatic heterocycles. The van der Waals surface area contributed by atoms with E-state index in [2.05, 4.69) is 17.5 Å². The summed E-state index contributed by atoms with van der Waals surface area (Å²) in [5.74, 6) is 0.668. The molecule has 2 rings (SSSR count). The number of hydrogen-bond donors (Lipinski definition) is 1. The van der Waals surface area contributed by atoms with Gasteiger partial charge < -0.3 is 10.2 Å². The summed E-state index contributed by atoms with van der Waals surface area (Å²) in [5, 5.41) is 4.23. The summed E-state index contributed by atoms with van der Waals surface area (Å²) in [6.45, 7) is 3.87. The van der Waals surface area contributed by atoms with E-state index in [0.29, 0.717) is 12.0 Å². The van der Waals surface area contributed by atoms with Gasteiger partial charge in [0.2, 0.25) is 0 Å². The Balaban J connectivity index is 2.04. The molecule has 3 nitrogen and oxygen atoms in total. The van der Waals surface area contributed by atoms with Gasteiger partial charge in [-0.15, -0.1) is 0 Å². The molecule has 2 aliphatic heterocycles. The van der Waals surface area contributed by atoms with Crippen molar-refractivity contribution in [2.75, 3.05) is 13.2 Å². The molecule has 1 saturated heterocycles. The van der Waals surface area contributed by atoms with Crippen LogP contribution >= 0.6 is 0 Å². The Hall–Kier alpha value is -0.570. The van der Waals surface area contributed by atoms with Gasteiger partial charge in [-0.25, -0.2) is 0 Å². The molecular weight excluding hydrogens is 140 g/mol. The lowest BCUT2D eigenvalue weighted by Crippen LogP contribution is -2.44. The van der Waals surface area contributed by atoms with Crippen LogP contribution in [0.4, 0.5) is 0 Å². The SMILES string of the molecule is CC1=NNC2CCOCC2C1. The van der Waals surface area contributed by atoms with Crippen molar-refractivity contribution >= 4 is 5.71 Å². The lowest BCUT2D eigenvalue weighted by atomic mass is 9.90. The Kier molecular flexibility index (Phi) is 1.82. The Labute approximate surface area is 66.8 Å². The first kappa shape index (κ1) is 7.10. The maximum Gasteiger partial charge on any atom is 0.0518 e. The molecule has 1 fully saturated rings. The fourth-order valence-electron chi connectivity index (χ4n) is 1.79. The average Bonchev–Trinajstić information content (AvgIpc) is 2.04. The van der Waals surface area contributed by atoms with Gasteiger partial charge in [0.15, 0.2) is 0 Å². The quantitative estimate of drug-likeness (QED) is 0.559. The van der Waals surface area contributed by atoms with Crippen molar-refractivity contribution in [1.29, 1.82) is 0 Å². The average molecular weight is 154 g/mol. The summed E-state index contributed by atoms with van der Waals surface area (Å²) >= 11 is 0. The second kappa shape index (κ2) is 2.81. The Morgan fingerprint density at radius 2 is 2.55 bits per heavy atom. The summed E-state index contributed by atoms with van der Waals surface area (Å²) in [6.07, 6.45) is 2.22. The van der Waals surface area contributed by atoms with E-state index in [9.17, 15) is 0 Å². The normalized spacial score (nSPS) is 37.0. The van der Waals surface area contributed by atoms with Gasteiger partial charge in [-0.05, 0) is 19.8 Å². The van der Waals surface area contributed by atoms with Crippen LogP contribution in [0.5, 0.6) is 0 Å². The molecule has 2 unspecified atom stereocenters. The third-order valence-electron chi connectivity index (χ3n) is 2.45. The Morgan fingerprint density at radius 3 is 3.45 bits per heavy atom. The summed E-state index contributed by atoms with van der Waals surface area (Å²) in [4.78, 5) is 0. The zero-order chi connectivity index (χ0) is 7.68. The number of ether oxygens (including phenoxy) is 1. The number of hydrazone groups is 1. The number of hydrogen-bond acceptors (Lipinski definition) is 3. The Morgan fingerprint density at radius 1 is 1.64 bits per heavy atom. The predicted octanol–water partition coefficient (Wildman–Crippen LogP) is 0.761. The summed E-state index contributed by atoms with van der Waals surface area (Å²) in [5.41, 5.74) is 4.38. The highest BCUT2D eigenvalue weighted by molar-refractivity contribution is 5.82. The van der Waals surface area contributed by atoms with E-state index in [1.807, 2.05) is 0 Å². The van der Waals surface area contributed by atoms with Crippen LogP contribution in [0.25, 0.3) is 0 Å². The zero-order valence-corrected chi connectivity index (χ0v) is 6.84. The summed E-state index contributed by atoms with van der Waals surface area (Å²) in [6, 6.07) is 0.576. The molecule has 0 radical (unpaired) electrons. The highest BCUT2D eigenvalue weighted by Gasteiger charge is 2.28. The maximum absolute atomic E-state index is 5.39. The Bertz CT molecular complexity index is 179.